The Morgan fingerprint density at radius 1 is 1.00 bits per heavy atom. The summed E-state index contributed by atoms with van der Waals surface area (Å²) >= 11 is 0. The number of nitrogens with zero attached hydrogens (tertiary/aromatic N) is 2. The lowest BCUT2D eigenvalue weighted by atomic mass is 10.00. The van der Waals surface area contributed by atoms with E-state index < -0.39 is 10.0 Å². The number of fused-ring (bicyclic) bond motifs is 1. The second-order valence-corrected chi connectivity index (χ2v) is 8.37. The highest BCUT2D eigenvalue weighted by Crippen LogP contribution is 2.41. The van der Waals surface area contributed by atoms with Gasteiger partial charge in [-0.3, -0.25) is 4.31 Å². The van der Waals surface area contributed by atoms with Crippen molar-refractivity contribution in [3.63, 3.8) is 0 Å². The molecule has 28 heavy (non-hydrogen) atoms. The number of benzene rings is 3. The first-order valence-corrected chi connectivity index (χ1v) is 10.3. The van der Waals surface area contributed by atoms with Crippen molar-refractivity contribution in [1.82, 2.24) is 0 Å². The lowest BCUT2D eigenvalue weighted by Gasteiger charge is -2.22. The molecule has 0 fully saturated rings. The van der Waals surface area contributed by atoms with Gasteiger partial charge in [-0.2, -0.15) is 5.26 Å². The number of hydrogen-bond acceptors (Lipinski definition) is 4. The molecule has 0 unspecified atom stereocenters. The Balaban J connectivity index is 1.80. The Hall–Kier alpha value is -3.30. The van der Waals surface area contributed by atoms with Crippen molar-refractivity contribution in [3.05, 3.63) is 77.9 Å². The maximum absolute atomic E-state index is 13.3. The number of sulfonamides is 1. The summed E-state index contributed by atoms with van der Waals surface area (Å²) in [6, 6.07) is 21.5. The van der Waals surface area contributed by atoms with Gasteiger partial charge in [-0.1, -0.05) is 30.3 Å². The molecule has 1 aliphatic rings. The van der Waals surface area contributed by atoms with Crippen LogP contribution in [0.4, 0.5) is 5.69 Å². The van der Waals surface area contributed by atoms with Gasteiger partial charge in [-0.05, 0) is 53.9 Å². The van der Waals surface area contributed by atoms with E-state index in [9.17, 15) is 8.42 Å². The van der Waals surface area contributed by atoms with Gasteiger partial charge in [0.15, 0.2) is 0 Å². The fraction of sp³-hybridized carbons (Fsp3) is 0.136. The number of hydrogen-bond donors (Lipinski definition) is 0. The van der Waals surface area contributed by atoms with Crippen molar-refractivity contribution in [1.29, 1.82) is 5.26 Å². The van der Waals surface area contributed by atoms with Crippen LogP contribution in [0.5, 0.6) is 5.75 Å². The molecule has 1 heterocycles. The number of ether oxygens (including phenoxy) is 1. The van der Waals surface area contributed by atoms with E-state index >= 15 is 0 Å². The van der Waals surface area contributed by atoms with Gasteiger partial charge in [0.25, 0.3) is 10.0 Å². The van der Waals surface area contributed by atoms with Crippen LogP contribution < -0.4 is 9.04 Å². The molecule has 0 atom stereocenters. The second-order valence-electron chi connectivity index (χ2n) is 6.51. The molecule has 0 saturated carbocycles. The lowest BCUT2D eigenvalue weighted by Crippen LogP contribution is -2.29. The maximum atomic E-state index is 13.3. The van der Waals surface area contributed by atoms with Gasteiger partial charge >= 0.3 is 0 Å². The molecule has 0 bridgehead atoms. The molecule has 140 valence electrons. The van der Waals surface area contributed by atoms with E-state index in [-0.39, 0.29) is 4.90 Å². The van der Waals surface area contributed by atoms with Crippen LogP contribution >= 0.6 is 0 Å². The zero-order valence-electron chi connectivity index (χ0n) is 15.3. The van der Waals surface area contributed by atoms with E-state index in [4.69, 9.17) is 10.00 Å². The van der Waals surface area contributed by atoms with Crippen LogP contribution in [0.2, 0.25) is 0 Å². The van der Waals surface area contributed by atoms with Crippen LogP contribution in [-0.2, 0) is 16.4 Å². The molecule has 0 spiro atoms. The van der Waals surface area contributed by atoms with Crippen molar-refractivity contribution in [2.45, 2.75) is 11.3 Å². The number of nitriles is 1. The zero-order chi connectivity index (χ0) is 19.7. The van der Waals surface area contributed by atoms with E-state index in [2.05, 4.69) is 6.07 Å². The van der Waals surface area contributed by atoms with Crippen LogP contribution in [0, 0.1) is 11.3 Å². The molecular weight excluding hydrogens is 372 g/mol. The van der Waals surface area contributed by atoms with Crippen molar-refractivity contribution in [3.8, 4) is 22.9 Å². The third kappa shape index (κ3) is 3.00. The van der Waals surface area contributed by atoms with Gasteiger partial charge in [0, 0.05) is 12.1 Å². The average molecular weight is 390 g/mol. The summed E-state index contributed by atoms with van der Waals surface area (Å²) in [6.07, 6.45) is 0.662. The standard InChI is InChI=1S/C22H18N2O3S/c1-27-19-9-11-20(12-10-19)28(25,26)24-14-13-18-3-2-4-21(22(18)24)17-7-5-16(15-23)6-8-17/h2-12H,13-14H2,1H3. The van der Waals surface area contributed by atoms with Gasteiger partial charge in [0.2, 0.25) is 0 Å². The number of methoxy groups -OCH3 is 1. The Labute approximate surface area is 164 Å². The quantitative estimate of drug-likeness (QED) is 0.675. The van der Waals surface area contributed by atoms with E-state index in [1.54, 1.807) is 43.5 Å². The van der Waals surface area contributed by atoms with Gasteiger partial charge in [0.1, 0.15) is 5.75 Å². The summed E-state index contributed by atoms with van der Waals surface area (Å²) in [4.78, 5) is 0.232. The smallest absolute Gasteiger partial charge is 0.264 e. The number of rotatable bonds is 4. The first-order chi connectivity index (χ1) is 13.5. The predicted molar refractivity (Wildman–Crippen MR) is 108 cm³/mol. The summed E-state index contributed by atoms with van der Waals surface area (Å²) < 4.78 is 33.3. The highest BCUT2D eigenvalue weighted by Gasteiger charge is 2.33. The van der Waals surface area contributed by atoms with Gasteiger partial charge in [0.05, 0.1) is 29.3 Å². The lowest BCUT2D eigenvalue weighted by molar-refractivity contribution is 0.414. The molecular formula is C22H18N2O3S. The van der Waals surface area contributed by atoms with E-state index in [0.29, 0.717) is 30.0 Å². The van der Waals surface area contributed by atoms with Crippen LogP contribution in [0.15, 0.2) is 71.6 Å². The third-order valence-electron chi connectivity index (χ3n) is 4.93. The summed E-state index contributed by atoms with van der Waals surface area (Å²) in [5.74, 6) is 0.610. The molecule has 0 aromatic heterocycles. The molecule has 4 rings (SSSR count). The SMILES string of the molecule is COc1ccc(S(=O)(=O)N2CCc3cccc(-c4ccc(C#N)cc4)c32)cc1. The number of para-hydroxylation sites is 1. The van der Waals surface area contributed by atoms with Crippen LogP contribution in [0.3, 0.4) is 0 Å². The van der Waals surface area contributed by atoms with Crippen LogP contribution in [0.1, 0.15) is 11.1 Å². The Bertz CT molecular complexity index is 1160. The molecule has 0 radical (unpaired) electrons. The van der Waals surface area contributed by atoms with Crippen molar-refractivity contribution in [2.24, 2.45) is 0 Å². The number of anilines is 1. The molecule has 0 aliphatic carbocycles. The molecule has 6 heteroatoms. The van der Waals surface area contributed by atoms with E-state index in [1.165, 1.54) is 4.31 Å². The Kier molecular flexibility index (Phi) is 4.54. The monoisotopic (exact) mass is 390 g/mol. The molecule has 0 amide bonds. The minimum atomic E-state index is -3.69. The summed E-state index contributed by atoms with van der Waals surface area (Å²) in [5, 5.41) is 9.02. The van der Waals surface area contributed by atoms with Crippen LogP contribution in [-0.4, -0.2) is 22.1 Å². The molecule has 3 aromatic rings. The predicted octanol–water partition coefficient (Wildman–Crippen LogP) is 3.99. The highest BCUT2D eigenvalue weighted by molar-refractivity contribution is 7.92. The van der Waals surface area contributed by atoms with Gasteiger partial charge in [-0.25, -0.2) is 8.42 Å². The summed E-state index contributed by atoms with van der Waals surface area (Å²) in [7, 11) is -2.15. The first-order valence-electron chi connectivity index (χ1n) is 8.84. The van der Waals surface area contributed by atoms with E-state index in [1.807, 2.05) is 30.3 Å². The van der Waals surface area contributed by atoms with Crippen LogP contribution in [0.25, 0.3) is 11.1 Å². The highest BCUT2D eigenvalue weighted by atomic mass is 32.2. The third-order valence-corrected chi connectivity index (χ3v) is 6.74. The first kappa shape index (κ1) is 18.1. The molecule has 0 saturated heterocycles. The normalized spacial score (nSPS) is 13.1. The largest absolute Gasteiger partial charge is 0.497 e. The van der Waals surface area contributed by atoms with Crippen molar-refractivity contribution < 1.29 is 13.2 Å². The molecule has 5 nitrogen and oxygen atoms in total. The van der Waals surface area contributed by atoms with Crippen molar-refractivity contribution >= 4 is 15.7 Å². The minimum absolute atomic E-state index is 0.232. The fourth-order valence-corrected chi connectivity index (χ4v) is 5.02. The molecule has 1 aliphatic heterocycles. The van der Waals surface area contributed by atoms with Crippen molar-refractivity contribution in [2.75, 3.05) is 18.0 Å². The van der Waals surface area contributed by atoms with E-state index in [0.717, 1.165) is 16.7 Å². The zero-order valence-corrected chi connectivity index (χ0v) is 16.1. The fourth-order valence-electron chi connectivity index (χ4n) is 3.49. The topological polar surface area (TPSA) is 70.4 Å². The maximum Gasteiger partial charge on any atom is 0.264 e. The van der Waals surface area contributed by atoms with Gasteiger partial charge < -0.3 is 4.74 Å². The molecule has 3 aromatic carbocycles. The summed E-state index contributed by atoms with van der Waals surface area (Å²) in [5.41, 5.74) is 4.00. The Morgan fingerprint density at radius 2 is 1.71 bits per heavy atom. The second kappa shape index (κ2) is 7.02. The van der Waals surface area contributed by atoms with Gasteiger partial charge in [-0.15, -0.1) is 0 Å². The average Bonchev–Trinajstić information content (AvgIpc) is 3.19. The molecule has 0 N–H and O–H groups in total. The minimum Gasteiger partial charge on any atom is -0.497 e. The Morgan fingerprint density at radius 3 is 2.36 bits per heavy atom. The summed E-state index contributed by atoms with van der Waals surface area (Å²) in [6.45, 7) is 0.400.